The van der Waals surface area contributed by atoms with E-state index in [4.69, 9.17) is 4.74 Å². The molecule has 1 aromatic heterocycles. The number of benzene rings is 1. The van der Waals surface area contributed by atoms with Crippen LogP contribution < -0.4 is 5.32 Å². The molecular weight excluding hydrogens is 366 g/mol. The quantitative estimate of drug-likeness (QED) is 0.601. The van der Waals surface area contributed by atoms with Crippen LogP contribution in [0, 0.1) is 13.8 Å². The first-order valence-electron chi connectivity index (χ1n) is 10.1. The van der Waals surface area contributed by atoms with Gasteiger partial charge in [-0.2, -0.15) is 5.10 Å². The lowest BCUT2D eigenvalue weighted by Gasteiger charge is -2.20. The van der Waals surface area contributed by atoms with E-state index in [1.165, 1.54) is 30.0 Å². The van der Waals surface area contributed by atoms with E-state index in [1.54, 1.807) is 10.8 Å². The molecule has 0 unspecified atom stereocenters. The Hall–Kier alpha value is -2.89. The number of hydrogen-bond donors (Lipinski definition) is 1. The van der Waals surface area contributed by atoms with Gasteiger partial charge in [0, 0.05) is 24.4 Å². The maximum absolute atomic E-state index is 12.2. The maximum Gasteiger partial charge on any atom is 0.331 e. The predicted octanol–water partition coefficient (Wildman–Crippen LogP) is 3.35. The largest absolute Gasteiger partial charge is 0.452 e. The fourth-order valence-corrected chi connectivity index (χ4v) is 3.76. The molecule has 154 valence electrons. The van der Waals surface area contributed by atoms with E-state index in [-0.39, 0.29) is 18.6 Å². The number of nitrogens with one attached hydrogen (secondary N) is 1. The monoisotopic (exact) mass is 395 g/mol. The molecule has 3 rings (SSSR count). The molecule has 6 nitrogen and oxygen atoms in total. The minimum absolute atomic E-state index is 0.135. The second-order valence-electron chi connectivity index (χ2n) is 7.67. The van der Waals surface area contributed by atoms with E-state index < -0.39 is 5.97 Å². The van der Waals surface area contributed by atoms with Gasteiger partial charge in [0.2, 0.25) is 0 Å². The number of nitrogens with zero attached hydrogens (tertiary/aromatic N) is 2. The van der Waals surface area contributed by atoms with E-state index in [9.17, 15) is 9.59 Å². The van der Waals surface area contributed by atoms with Gasteiger partial charge in [0.15, 0.2) is 6.61 Å². The molecule has 0 bridgehead atoms. The van der Waals surface area contributed by atoms with Crippen molar-refractivity contribution in [2.75, 3.05) is 6.61 Å². The predicted molar refractivity (Wildman–Crippen MR) is 112 cm³/mol. The summed E-state index contributed by atoms with van der Waals surface area (Å²) in [6, 6.07) is 6.29. The molecule has 6 heteroatoms. The Labute approximate surface area is 171 Å². The normalized spacial score (nSPS) is 14.5. The number of carbonyl (C=O) groups is 2. The van der Waals surface area contributed by atoms with Crippen molar-refractivity contribution in [1.29, 1.82) is 0 Å². The van der Waals surface area contributed by atoms with Gasteiger partial charge in [0.05, 0.1) is 11.7 Å². The number of aromatic nitrogens is 2. The summed E-state index contributed by atoms with van der Waals surface area (Å²) in [5.41, 5.74) is 6.56. The summed E-state index contributed by atoms with van der Waals surface area (Å²) in [5.74, 6) is -0.866. The van der Waals surface area contributed by atoms with Crippen LogP contribution in [-0.4, -0.2) is 28.3 Å². The van der Waals surface area contributed by atoms with Gasteiger partial charge in [-0.15, -0.1) is 0 Å². The van der Waals surface area contributed by atoms with E-state index in [0.717, 1.165) is 35.4 Å². The second-order valence-corrected chi connectivity index (χ2v) is 7.67. The third-order valence-corrected chi connectivity index (χ3v) is 5.55. The lowest BCUT2D eigenvalue weighted by molar-refractivity contribution is -0.144. The lowest BCUT2D eigenvalue weighted by atomic mass is 9.89. The fourth-order valence-electron chi connectivity index (χ4n) is 3.76. The third-order valence-electron chi connectivity index (χ3n) is 5.55. The first-order valence-corrected chi connectivity index (χ1v) is 10.1. The number of esters is 1. The molecule has 0 spiro atoms. The minimum atomic E-state index is -0.552. The van der Waals surface area contributed by atoms with Crippen molar-refractivity contribution in [2.45, 2.75) is 52.5 Å². The zero-order chi connectivity index (χ0) is 21.0. The Balaban J connectivity index is 1.50. The maximum atomic E-state index is 12.2. The zero-order valence-electron chi connectivity index (χ0n) is 17.6. The van der Waals surface area contributed by atoms with Gasteiger partial charge in [0.25, 0.3) is 5.91 Å². The van der Waals surface area contributed by atoms with Crippen molar-refractivity contribution in [2.24, 2.45) is 7.05 Å². The smallest absolute Gasteiger partial charge is 0.331 e. The highest BCUT2D eigenvalue weighted by Gasteiger charge is 2.15. The second kappa shape index (κ2) is 9.07. The highest BCUT2D eigenvalue weighted by atomic mass is 16.5. The highest BCUT2D eigenvalue weighted by Crippen LogP contribution is 2.24. The van der Waals surface area contributed by atoms with Gasteiger partial charge in [-0.05, 0) is 69.2 Å². The van der Waals surface area contributed by atoms with Gasteiger partial charge >= 0.3 is 5.97 Å². The molecule has 29 heavy (non-hydrogen) atoms. The van der Waals surface area contributed by atoms with Crippen LogP contribution in [0.4, 0.5) is 0 Å². The Bertz CT molecular complexity index is 943. The molecule has 1 amide bonds. The van der Waals surface area contributed by atoms with Crippen LogP contribution in [0.3, 0.4) is 0 Å². The van der Waals surface area contributed by atoms with Crippen LogP contribution in [0.15, 0.2) is 24.3 Å². The number of ether oxygens (including phenoxy) is 1. The van der Waals surface area contributed by atoms with Gasteiger partial charge in [-0.1, -0.05) is 18.2 Å². The third kappa shape index (κ3) is 5.13. The first kappa shape index (κ1) is 20.8. The standard InChI is InChI=1S/C23H29N3O3/c1-15(19-10-9-18-7-5-6-8-20(18)13-19)24-22(27)14-29-23(28)12-11-21-16(2)25-26(4)17(21)3/h9-13,15H,5-8,14H2,1-4H3,(H,24,27)/b12-11+/t15-/m0/s1. The van der Waals surface area contributed by atoms with Crippen molar-refractivity contribution in [1.82, 2.24) is 15.1 Å². The molecule has 1 aliphatic carbocycles. The summed E-state index contributed by atoms with van der Waals surface area (Å²) in [4.78, 5) is 24.1. The lowest BCUT2D eigenvalue weighted by Crippen LogP contribution is -2.31. The number of carbonyl (C=O) groups excluding carboxylic acids is 2. The number of amides is 1. The Morgan fingerprint density at radius 1 is 1.24 bits per heavy atom. The van der Waals surface area contributed by atoms with E-state index in [0.29, 0.717) is 0 Å². The molecule has 2 aromatic rings. The number of fused-ring (bicyclic) bond motifs is 1. The Morgan fingerprint density at radius 2 is 1.97 bits per heavy atom. The Morgan fingerprint density at radius 3 is 2.66 bits per heavy atom. The summed E-state index contributed by atoms with van der Waals surface area (Å²) in [7, 11) is 1.85. The molecule has 0 saturated heterocycles. The molecule has 1 heterocycles. The van der Waals surface area contributed by atoms with Crippen LogP contribution in [0.25, 0.3) is 6.08 Å². The van der Waals surface area contributed by atoms with Crippen molar-refractivity contribution in [3.63, 3.8) is 0 Å². The first-order chi connectivity index (χ1) is 13.8. The summed E-state index contributed by atoms with van der Waals surface area (Å²) in [5, 5.41) is 7.20. The summed E-state index contributed by atoms with van der Waals surface area (Å²) in [6.07, 6.45) is 7.71. The summed E-state index contributed by atoms with van der Waals surface area (Å²) < 4.78 is 6.83. The van der Waals surface area contributed by atoms with Gasteiger partial charge in [-0.3, -0.25) is 9.48 Å². The van der Waals surface area contributed by atoms with Crippen LogP contribution in [-0.2, 0) is 34.2 Å². The van der Waals surface area contributed by atoms with Gasteiger partial charge < -0.3 is 10.1 Å². The summed E-state index contributed by atoms with van der Waals surface area (Å²) >= 11 is 0. The molecule has 0 aliphatic heterocycles. The van der Waals surface area contributed by atoms with Crippen LogP contribution in [0.5, 0.6) is 0 Å². The van der Waals surface area contributed by atoms with Gasteiger partial charge in [-0.25, -0.2) is 4.79 Å². The molecule has 0 fully saturated rings. The molecular formula is C23H29N3O3. The van der Waals surface area contributed by atoms with E-state index >= 15 is 0 Å². The number of rotatable bonds is 6. The van der Waals surface area contributed by atoms with E-state index in [1.807, 2.05) is 27.8 Å². The number of aryl methyl sites for hydroxylation is 4. The minimum Gasteiger partial charge on any atom is -0.452 e. The molecule has 1 aliphatic rings. The average molecular weight is 396 g/mol. The summed E-state index contributed by atoms with van der Waals surface area (Å²) in [6.45, 7) is 5.45. The van der Waals surface area contributed by atoms with Crippen LogP contribution in [0.2, 0.25) is 0 Å². The highest BCUT2D eigenvalue weighted by molar-refractivity contribution is 5.89. The van der Waals surface area contributed by atoms with Crippen molar-refractivity contribution in [3.8, 4) is 0 Å². The van der Waals surface area contributed by atoms with Crippen molar-refractivity contribution in [3.05, 3.63) is 57.9 Å². The molecule has 0 radical (unpaired) electrons. The van der Waals surface area contributed by atoms with Gasteiger partial charge in [0.1, 0.15) is 0 Å². The molecule has 1 N–H and O–H groups in total. The van der Waals surface area contributed by atoms with E-state index in [2.05, 4.69) is 28.6 Å². The van der Waals surface area contributed by atoms with Crippen LogP contribution >= 0.6 is 0 Å². The Kier molecular flexibility index (Phi) is 6.52. The molecule has 0 saturated carbocycles. The number of hydrogen-bond acceptors (Lipinski definition) is 4. The topological polar surface area (TPSA) is 73.2 Å². The van der Waals surface area contributed by atoms with Crippen LogP contribution in [0.1, 0.15) is 59.4 Å². The zero-order valence-corrected chi connectivity index (χ0v) is 17.6. The fraction of sp³-hybridized carbons (Fsp3) is 0.435. The molecule has 1 aromatic carbocycles. The van der Waals surface area contributed by atoms with Crippen molar-refractivity contribution < 1.29 is 14.3 Å². The van der Waals surface area contributed by atoms with Crippen molar-refractivity contribution >= 4 is 18.0 Å². The average Bonchev–Trinajstić information content (AvgIpc) is 2.95. The SMILES string of the molecule is Cc1nn(C)c(C)c1/C=C/C(=O)OCC(=O)N[C@@H](C)c1ccc2c(c1)CCCC2. The molecule has 1 atom stereocenters.